The molecule has 1 fully saturated rings. The van der Waals surface area contributed by atoms with E-state index >= 15 is 0 Å². The quantitative estimate of drug-likeness (QED) is 0.842. The molecular formula is C14H19F2N3O2. The third kappa shape index (κ3) is 3.74. The molecule has 1 aliphatic rings. The molecule has 1 aromatic carbocycles. The van der Waals surface area contributed by atoms with Crippen LogP contribution in [0.5, 0.6) is 0 Å². The summed E-state index contributed by atoms with van der Waals surface area (Å²) in [5.74, 6) is -1.45. The zero-order valence-corrected chi connectivity index (χ0v) is 11.9. The monoisotopic (exact) mass is 299 g/mol. The van der Waals surface area contributed by atoms with E-state index < -0.39 is 11.6 Å². The number of nitrogens with two attached hydrogens (primary N) is 1. The van der Waals surface area contributed by atoms with Crippen LogP contribution in [0.3, 0.4) is 0 Å². The van der Waals surface area contributed by atoms with Crippen LogP contribution in [0.1, 0.15) is 19.8 Å². The summed E-state index contributed by atoms with van der Waals surface area (Å²) in [5.41, 5.74) is 5.75. The van der Waals surface area contributed by atoms with Gasteiger partial charge in [-0.2, -0.15) is 0 Å². The minimum absolute atomic E-state index is 0.0131. The van der Waals surface area contributed by atoms with Crippen molar-refractivity contribution in [3.05, 3.63) is 23.8 Å². The van der Waals surface area contributed by atoms with Crippen LogP contribution in [0.4, 0.5) is 25.0 Å². The van der Waals surface area contributed by atoms with E-state index in [1.54, 1.807) is 11.8 Å². The molecule has 3 N–H and O–H groups in total. The number of halogens is 2. The van der Waals surface area contributed by atoms with Crippen molar-refractivity contribution < 1.29 is 18.3 Å². The zero-order chi connectivity index (χ0) is 15.4. The fraction of sp³-hybridized carbons (Fsp3) is 0.500. The van der Waals surface area contributed by atoms with Gasteiger partial charge in [-0.15, -0.1) is 0 Å². The number of ether oxygens (including phenoxy) is 1. The maximum absolute atomic E-state index is 13.4. The topological polar surface area (TPSA) is 67.6 Å². The van der Waals surface area contributed by atoms with Gasteiger partial charge >= 0.3 is 6.09 Å². The van der Waals surface area contributed by atoms with Crippen LogP contribution < -0.4 is 11.1 Å². The van der Waals surface area contributed by atoms with Gasteiger partial charge in [-0.25, -0.2) is 13.6 Å². The molecule has 1 amide bonds. The Labute approximate surface area is 122 Å². The maximum atomic E-state index is 13.4. The van der Waals surface area contributed by atoms with E-state index in [0.29, 0.717) is 32.5 Å². The predicted molar refractivity (Wildman–Crippen MR) is 76.0 cm³/mol. The molecule has 0 aromatic heterocycles. The van der Waals surface area contributed by atoms with Gasteiger partial charge in [0.15, 0.2) is 5.82 Å². The highest BCUT2D eigenvalue weighted by molar-refractivity contribution is 5.68. The first-order chi connectivity index (χ1) is 10.0. The number of hydrogen-bond acceptors (Lipinski definition) is 4. The Morgan fingerprint density at radius 1 is 1.43 bits per heavy atom. The van der Waals surface area contributed by atoms with Gasteiger partial charge in [0, 0.05) is 25.2 Å². The van der Waals surface area contributed by atoms with Gasteiger partial charge in [-0.3, -0.25) is 0 Å². The lowest BCUT2D eigenvalue weighted by molar-refractivity contribution is 0.0983. The molecule has 116 valence electrons. The molecule has 1 aliphatic heterocycles. The van der Waals surface area contributed by atoms with Crippen LogP contribution in [0, 0.1) is 11.6 Å². The molecule has 0 aliphatic carbocycles. The van der Waals surface area contributed by atoms with E-state index in [4.69, 9.17) is 10.5 Å². The highest BCUT2D eigenvalue weighted by Crippen LogP contribution is 2.26. The summed E-state index contributed by atoms with van der Waals surface area (Å²) in [6.07, 6.45) is 1.000. The van der Waals surface area contributed by atoms with Gasteiger partial charge in [0.05, 0.1) is 18.0 Å². The van der Waals surface area contributed by atoms with Gasteiger partial charge in [-0.1, -0.05) is 0 Å². The van der Waals surface area contributed by atoms with E-state index in [1.807, 2.05) is 0 Å². The fourth-order valence-corrected chi connectivity index (χ4v) is 2.35. The van der Waals surface area contributed by atoms with Crippen LogP contribution in [-0.4, -0.2) is 36.7 Å². The molecule has 2 rings (SSSR count). The molecule has 1 aromatic rings. The molecule has 0 saturated carbocycles. The van der Waals surface area contributed by atoms with Gasteiger partial charge < -0.3 is 20.7 Å². The van der Waals surface area contributed by atoms with Crippen molar-refractivity contribution in [2.75, 3.05) is 30.7 Å². The second-order valence-electron chi connectivity index (χ2n) is 4.95. The summed E-state index contributed by atoms with van der Waals surface area (Å²) in [4.78, 5) is 13.2. The molecule has 0 bridgehead atoms. The number of nitrogen functional groups attached to an aromatic ring is 1. The Bertz CT molecular complexity index is 517. The van der Waals surface area contributed by atoms with Crippen molar-refractivity contribution in [1.29, 1.82) is 0 Å². The summed E-state index contributed by atoms with van der Waals surface area (Å²) in [6.45, 7) is 3.17. The first kappa shape index (κ1) is 15.3. The van der Waals surface area contributed by atoms with Crippen LogP contribution in [0.15, 0.2) is 12.1 Å². The second kappa shape index (κ2) is 6.60. The van der Waals surface area contributed by atoms with Gasteiger partial charge in [0.2, 0.25) is 0 Å². The number of benzene rings is 1. The summed E-state index contributed by atoms with van der Waals surface area (Å²) < 4.78 is 31.5. The van der Waals surface area contributed by atoms with Gasteiger partial charge in [-0.05, 0) is 25.8 Å². The summed E-state index contributed by atoms with van der Waals surface area (Å²) in [6, 6.07) is 1.94. The first-order valence-corrected chi connectivity index (χ1v) is 6.94. The molecule has 0 atom stereocenters. The molecule has 0 radical (unpaired) electrons. The maximum Gasteiger partial charge on any atom is 0.409 e. The van der Waals surface area contributed by atoms with E-state index in [0.717, 1.165) is 6.07 Å². The lowest BCUT2D eigenvalue weighted by atomic mass is 10.0. The molecule has 21 heavy (non-hydrogen) atoms. The van der Waals surface area contributed by atoms with Crippen LogP contribution in [-0.2, 0) is 4.74 Å². The third-order valence-electron chi connectivity index (χ3n) is 3.47. The molecule has 7 heteroatoms. The Morgan fingerprint density at radius 2 is 2.10 bits per heavy atom. The number of hydrogen-bond donors (Lipinski definition) is 2. The highest BCUT2D eigenvalue weighted by atomic mass is 19.1. The van der Waals surface area contributed by atoms with Gasteiger partial charge in [0.25, 0.3) is 0 Å². The molecule has 0 unspecified atom stereocenters. The number of piperidine rings is 1. The van der Waals surface area contributed by atoms with E-state index in [9.17, 15) is 13.6 Å². The minimum atomic E-state index is -0.776. The Hall–Kier alpha value is -2.05. The molecule has 0 spiro atoms. The largest absolute Gasteiger partial charge is 0.450 e. The van der Waals surface area contributed by atoms with E-state index in [2.05, 4.69) is 5.32 Å². The Balaban J connectivity index is 1.93. The van der Waals surface area contributed by atoms with Crippen molar-refractivity contribution in [2.24, 2.45) is 0 Å². The van der Waals surface area contributed by atoms with Crippen LogP contribution in [0.2, 0.25) is 0 Å². The first-order valence-electron chi connectivity index (χ1n) is 6.94. The normalized spacial score (nSPS) is 15.9. The average Bonchev–Trinajstić information content (AvgIpc) is 2.45. The van der Waals surface area contributed by atoms with Crippen molar-refractivity contribution in [3.63, 3.8) is 0 Å². The lowest BCUT2D eigenvalue weighted by Crippen LogP contribution is -2.42. The van der Waals surface area contributed by atoms with E-state index in [-0.39, 0.29) is 23.5 Å². The summed E-state index contributed by atoms with van der Waals surface area (Å²) >= 11 is 0. The summed E-state index contributed by atoms with van der Waals surface area (Å²) in [7, 11) is 0. The summed E-state index contributed by atoms with van der Waals surface area (Å²) in [5, 5.41) is 3.04. The number of carbonyl (C=O) groups excluding carboxylic acids is 1. The predicted octanol–water partition coefficient (Wildman–Crippen LogP) is 2.58. The number of likely N-dealkylation sites (tertiary alicyclic amines) is 1. The van der Waals surface area contributed by atoms with Crippen molar-refractivity contribution in [2.45, 2.75) is 25.8 Å². The Kier molecular flexibility index (Phi) is 4.82. The van der Waals surface area contributed by atoms with E-state index in [1.165, 1.54) is 6.07 Å². The highest BCUT2D eigenvalue weighted by Gasteiger charge is 2.24. The number of nitrogens with one attached hydrogen (secondary N) is 1. The molecule has 5 nitrogen and oxygen atoms in total. The van der Waals surface area contributed by atoms with Crippen molar-refractivity contribution in [3.8, 4) is 0 Å². The zero-order valence-electron chi connectivity index (χ0n) is 11.9. The lowest BCUT2D eigenvalue weighted by Gasteiger charge is -2.32. The number of carbonyl (C=O) groups is 1. The third-order valence-corrected chi connectivity index (χ3v) is 3.47. The molecule has 1 saturated heterocycles. The SMILES string of the molecule is CCOC(=O)N1CCC(Nc2cc(F)cc(F)c2N)CC1. The standard InChI is InChI=1S/C14H19F2N3O2/c1-2-21-14(20)19-5-3-10(4-6-19)18-12-8-9(15)7-11(16)13(12)17/h7-8,10,18H,2-6,17H2,1H3. The number of nitrogens with zero attached hydrogens (tertiary/aromatic N) is 1. The second-order valence-corrected chi connectivity index (χ2v) is 4.95. The molecular weight excluding hydrogens is 280 g/mol. The van der Waals surface area contributed by atoms with Crippen LogP contribution >= 0.6 is 0 Å². The van der Waals surface area contributed by atoms with Crippen LogP contribution in [0.25, 0.3) is 0 Å². The number of anilines is 2. The van der Waals surface area contributed by atoms with Crippen molar-refractivity contribution in [1.82, 2.24) is 4.90 Å². The smallest absolute Gasteiger partial charge is 0.409 e. The van der Waals surface area contributed by atoms with Crippen molar-refractivity contribution >= 4 is 17.5 Å². The minimum Gasteiger partial charge on any atom is -0.450 e. The fourth-order valence-electron chi connectivity index (χ4n) is 2.35. The molecule has 1 heterocycles. The average molecular weight is 299 g/mol. The van der Waals surface area contributed by atoms with Gasteiger partial charge in [0.1, 0.15) is 5.82 Å². The Morgan fingerprint density at radius 3 is 2.71 bits per heavy atom. The number of amides is 1. The number of rotatable bonds is 3.